The van der Waals surface area contributed by atoms with Crippen LogP contribution in [0.4, 0.5) is 0 Å². The van der Waals surface area contributed by atoms with Crippen LogP contribution in [0, 0.1) is 0 Å². The van der Waals surface area contributed by atoms with Crippen molar-refractivity contribution in [2.24, 2.45) is 0 Å². The fourth-order valence-electron chi connectivity index (χ4n) is 8.99. The molecule has 0 nitrogen and oxygen atoms in total. The third-order valence-electron chi connectivity index (χ3n) is 12.0. The Hall–Kier alpha value is -2.80. The van der Waals surface area contributed by atoms with Crippen LogP contribution in [0.5, 0.6) is 0 Å². The number of rotatable bonds is 14. The number of benzene rings is 4. The minimum Gasteiger partial charge on any atom is -0.158 e. The number of hydrogen-bond acceptors (Lipinski definition) is 0. The van der Waals surface area contributed by atoms with Gasteiger partial charge in [0.05, 0.1) is 0 Å². The Balaban J connectivity index is 0.00000561. The molecule has 0 saturated carbocycles. The average molecular weight is 810 g/mol. The molecule has 0 atom stereocenters. The topological polar surface area (TPSA) is 0 Å². The molecule has 0 radical (unpaired) electrons. The molecule has 6 rings (SSSR count). The number of unbranched alkanes of at least 4 members (excludes halogenated alkanes) is 6. The monoisotopic (exact) mass is 808 g/mol. The zero-order valence-corrected chi connectivity index (χ0v) is 38.8. The summed E-state index contributed by atoms with van der Waals surface area (Å²) in [5.74, 6) is 0. The van der Waals surface area contributed by atoms with E-state index in [1.54, 1.807) is 21.5 Å². The summed E-state index contributed by atoms with van der Waals surface area (Å²) in [7, 11) is -2.32. The summed E-state index contributed by atoms with van der Waals surface area (Å²) >= 11 is 0. The molecular formula is C52H66SiZr. The molecule has 2 heteroatoms. The molecule has 0 heterocycles. The molecule has 6 aromatic rings. The predicted octanol–water partition coefficient (Wildman–Crippen LogP) is 14.4. The van der Waals surface area contributed by atoms with Gasteiger partial charge in [0.15, 0.2) is 0 Å². The van der Waals surface area contributed by atoms with E-state index in [0.717, 1.165) is 12.8 Å². The quantitative estimate of drug-likeness (QED) is 0.0584. The van der Waals surface area contributed by atoms with E-state index in [0.29, 0.717) is 0 Å². The molecule has 0 aliphatic heterocycles. The van der Waals surface area contributed by atoms with Crippen LogP contribution in [0.1, 0.15) is 129 Å². The van der Waals surface area contributed by atoms with Crippen LogP contribution in [0.2, 0.25) is 13.1 Å². The van der Waals surface area contributed by atoms with Gasteiger partial charge in [-0.25, -0.2) is 0 Å². The van der Waals surface area contributed by atoms with Gasteiger partial charge < -0.3 is 0 Å². The van der Waals surface area contributed by atoms with Crippen LogP contribution in [0.3, 0.4) is 0 Å². The summed E-state index contributed by atoms with van der Waals surface area (Å²) in [6.07, 6.45) is 12.6. The van der Waals surface area contributed by atoms with E-state index in [1.165, 1.54) is 106 Å². The van der Waals surface area contributed by atoms with Gasteiger partial charge in [-0.15, -0.1) is 69.1 Å². The molecule has 0 amide bonds. The molecule has 282 valence electrons. The van der Waals surface area contributed by atoms with Crippen molar-refractivity contribution in [1.82, 2.24) is 0 Å². The molecule has 0 bridgehead atoms. The van der Waals surface area contributed by atoms with Crippen LogP contribution in [-0.2, 0) is 49.9 Å². The van der Waals surface area contributed by atoms with Crippen molar-refractivity contribution >= 4 is 40.0 Å². The van der Waals surface area contributed by atoms with Crippen LogP contribution in [0.15, 0.2) is 97.1 Å². The zero-order valence-electron chi connectivity index (χ0n) is 35.3. The van der Waals surface area contributed by atoms with Crippen molar-refractivity contribution in [2.45, 2.75) is 144 Å². The summed E-state index contributed by atoms with van der Waals surface area (Å²) < 4.78 is 0. The summed E-state index contributed by atoms with van der Waals surface area (Å²) in [6.45, 7) is 23.9. The summed E-state index contributed by atoms with van der Waals surface area (Å²) in [5.41, 5.74) is 11.7. The van der Waals surface area contributed by atoms with Gasteiger partial charge in [-0.1, -0.05) is 192 Å². The van der Waals surface area contributed by atoms with E-state index < -0.39 is 8.07 Å². The molecule has 0 spiro atoms. The van der Waals surface area contributed by atoms with Crippen molar-refractivity contribution < 1.29 is 26.2 Å². The van der Waals surface area contributed by atoms with Crippen molar-refractivity contribution in [2.75, 3.05) is 0 Å². The fourth-order valence-corrected chi connectivity index (χ4v) is 13.0. The van der Waals surface area contributed by atoms with Crippen molar-refractivity contribution in [3.63, 3.8) is 0 Å². The number of hydrogen-bond donors (Lipinski definition) is 0. The normalized spacial score (nSPS) is 12.5. The molecule has 0 aromatic heterocycles. The second-order valence-corrected chi connectivity index (χ2v) is 22.8. The Morgan fingerprint density at radius 1 is 0.481 bits per heavy atom. The fraction of sp³-hybridized carbons (Fsp3) is 0.423. The first kappa shape index (κ1) is 42.3. The SMILES string of the molecule is CCCCCCc1[cH-]c2cccc(-c3ccc(C(C)(C)C)cc3)c2c1[Si](C)(C)c1c(CCCCCC)[cH-]c2cccc(-c3ccc(C(C)(C)C)cc3)c12.[Zr+2]. The van der Waals surface area contributed by atoms with E-state index in [1.807, 2.05) is 0 Å². The molecule has 0 fully saturated rings. The van der Waals surface area contributed by atoms with Gasteiger partial charge >= 0.3 is 26.2 Å². The molecule has 0 aliphatic carbocycles. The molecule has 0 N–H and O–H groups in total. The second kappa shape index (κ2) is 17.6. The van der Waals surface area contributed by atoms with E-state index in [2.05, 4.69) is 166 Å². The smallest absolute Gasteiger partial charge is 0.158 e. The molecular weight excluding hydrogens is 744 g/mol. The number of fused-ring (bicyclic) bond motifs is 2. The Labute approximate surface area is 349 Å². The van der Waals surface area contributed by atoms with Gasteiger partial charge in [-0.2, -0.15) is 10.4 Å². The second-order valence-electron chi connectivity index (χ2n) is 18.5. The van der Waals surface area contributed by atoms with Crippen LogP contribution in [0.25, 0.3) is 43.8 Å². The first-order valence-electron chi connectivity index (χ1n) is 20.9. The molecule has 0 unspecified atom stereocenters. The Morgan fingerprint density at radius 2 is 0.852 bits per heavy atom. The van der Waals surface area contributed by atoms with Gasteiger partial charge in [0, 0.05) is 8.07 Å². The predicted molar refractivity (Wildman–Crippen MR) is 240 cm³/mol. The third-order valence-corrected chi connectivity index (χ3v) is 15.6. The van der Waals surface area contributed by atoms with Crippen LogP contribution >= 0.6 is 0 Å². The maximum Gasteiger partial charge on any atom is 2.00 e. The van der Waals surface area contributed by atoms with Crippen LogP contribution < -0.4 is 10.4 Å². The largest absolute Gasteiger partial charge is 2.00 e. The minimum atomic E-state index is -2.32. The van der Waals surface area contributed by atoms with E-state index >= 15 is 0 Å². The molecule has 0 aliphatic rings. The average Bonchev–Trinajstić information content (AvgIpc) is 3.70. The van der Waals surface area contributed by atoms with Gasteiger partial charge in [-0.3, -0.25) is 0 Å². The van der Waals surface area contributed by atoms with Gasteiger partial charge in [0.25, 0.3) is 0 Å². The third kappa shape index (κ3) is 8.92. The number of aryl methyl sites for hydroxylation is 2. The van der Waals surface area contributed by atoms with E-state index in [-0.39, 0.29) is 37.0 Å². The first-order valence-corrected chi connectivity index (χ1v) is 23.9. The molecule has 0 saturated heterocycles. The summed E-state index contributed by atoms with van der Waals surface area (Å²) in [5, 5.41) is 9.22. The van der Waals surface area contributed by atoms with Crippen LogP contribution in [-0.4, -0.2) is 8.07 Å². The van der Waals surface area contributed by atoms with Crippen molar-refractivity contribution in [3.8, 4) is 22.3 Å². The minimum absolute atomic E-state index is 0. The Bertz CT molecular complexity index is 1970. The standard InChI is InChI=1S/C52H66Si.Zr/c1-11-13-15-17-21-41-35-39-23-19-25-45(37-27-31-43(32-28-37)51(3,4)5)47(39)49(41)53(9,10)50-42(22-18-16-14-12-2)36-40-24-20-26-46(48(40)50)38-29-33-44(34-30-38)52(6,7)8;/h19-20,23-36H,11-18,21-22H2,1-10H3;/q-2;+2. The Morgan fingerprint density at radius 3 is 1.19 bits per heavy atom. The molecule has 54 heavy (non-hydrogen) atoms. The Kier molecular flexibility index (Phi) is 13.8. The summed E-state index contributed by atoms with van der Waals surface area (Å²) in [4.78, 5) is 0. The maximum absolute atomic E-state index is 2.70. The molecule has 6 aromatic carbocycles. The first-order chi connectivity index (χ1) is 25.3. The van der Waals surface area contributed by atoms with Gasteiger partial charge in [0.1, 0.15) is 0 Å². The summed E-state index contributed by atoms with van der Waals surface area (Å²) in [6, 6.07) is 38.4. The maximum atomic E-state index is 2.70. The zero-order chi connectivity index (χ0) is 38.0. The van der Waals surface area contributed by atoms with Gasteiger partial charge in [0.2, 0.25) is 0 Å². The van der Waals surface area contributed by atoms with Gasteiger partial charge in [-0.05, 0) is 45.9 Å². The van der Waals surface area contributed by atoms with Crippen molar-refractivity contribution in [3.05, 3.63) is 119 Å². The van der Waals surface area contributed by atoms with E-state index in [9.17, 15) is 0 Å². The van der Waals surface area contributed by atoms with Crippen molar-refractivity contribution in [1.29, 1.82) is 0 Å². The van der Waals surface area contributed by atoms with E-state index in [4.69, 9.17) is 0 Å².